The summed E-state index contributed by atoms with van der Waals surface area (Å²) in [5, 5.41) is 8.79. The van der Waals surface area contributed by atoms with E-state index in [2.05, 4.69) is 0 Å². The molecular formula is C12H14ClNO3. The van der Waals surface area contributed by atoms with E-state index in [9.17, 15) is 4.79 Å². The predicted molar refractivity (Wildman–Crippen MR) is 66.1 cm³/mol. The average molecular weight is 256 g/mol. The zero-order valence-electron chi connectivity index (χ0n) is 9.63. The molecule has 0 spiro atoms. The number of benzene rings is 1. The Balaban J connectivity index is 2.70. The number of carbonyl (C=O) groups is 1. The van der Waals surface area contributed by atoms with Crippen LogP contribution in [0.4, 0.5) is 0 Å². The van der Waals surface area contributed by atoms with Crippen molar-refractivity contribution in [1.29, 1.82) is 0 Å². The average Bonchev–Trinajstić information content (AvgIpc) is 2.26. The van der Waals surface area contributed by atoms with Gasteiger partial charge in [-0.2, -0.15) is 0 Å². The molecule has 17 heavy (non-hydrogen) atoms. The van der Waals surface area contributed by atoms with Crippen LogP contribution in [-0.2, 0) is 0 Å². The summed E-state index contributed by atoms with van der Waals surface area (Å²) in [5.41, 5.74) is 0.541. The summed E-state index contributed by atoms with van der Waals surface area (Å²) in [6, 6.07) is 6.36. The van der Waals surface area contributed by atoms with E-state index < -0.39 is 5.75 Å². The SMILES string of the molecule is CN(C)/C=C/C(=O)c1ccc(OC(O)Cl)cc1. The number of aliphatic hydroxyl groups excluding tert-OH is 1. The van der Waals surface area contributed by atoms with E-state index >= 15 is 0 Å². The van der Waals surface area contributed by atoms with Crippen LogP contribution in [-0.4, -0.2) is 35.6 Å². The molecule has 1 N–H and O–H groups in total. The Morgan fingerprint density at radius 2 is 2.00 bits per heavy atom. The van der Waals surface area contributed by atoms with Crippen molar-refractivity contribution < 1.29 is 14.6 Å². The Kier molecular flexibility index (Phi) is 5.00. The fourth-order valence-electron chi connectivity index (χ4n) is 1.12. The van der Waals surface area contributed by atoms with Gasteiger partial charge in [-0.05, 0) is 35.9 Å². The summed E-state index contributed by atoms with van der Waals surface area (Å²) in [7, 11) is 3.67. The molecule has 5 heteroatoms. The highest BCUT2D eigenvalue weighted by atomic mass is 35.5. The molecule has 1 atom stereocenters. The Bertz CT molecular complexity index is 399. The number of ketones is 1. The third kappa shape index (κ3) is 4.89. The van der Waals surface area contributed by atoms with Crippen molar-refractivity contribution in [3.05, 3.63) is 42.1 Å². The van der Waals surface area contributed by atoms with Crippen molar-refractivity contribution in [3.8, 4) is 5.75 Å². The minimum absolute atomic E-state index is 0.100. The molecule has 0 saturated heterocycles. The highest BCUT2D eigenvalue weighted by Gasteiger charge is 2.04. The topological polar surface area (TPSA) is 49.8 Å². The van der Waals surface area contributed by atoms with Gasteiger partial charge in [0.05, 0.1) is 0 Å². The number of aliphatic hydroxyl groups is 1. The number of hydrogen-bond acceptors (Lipinski definition) is 4. The normalized spacial score (nSPS) is 12.5. The van der Waals surface area contributed by atoms with Crippen LogP contribution in [0.1, 0.15) is 10.4 Å². The van der Waals surface area contributed by atoms with Gasteiger partial charge in [-0.3, -0.25) is 4.79 Å². The monoisotopic (exact) mass is 255 g/mol. The molecule has 0 saturated carbocycles. The van der Waals surface area contributed by atoms with E-state index in [-0.39, 0.29) is 5.78 Å². The number of carbonyl (C=O) groups excluding carboxylic acids is 1. The van der Waals surface area contributed by atoms with Crippen molar-refractivity contribution >= 4 is 17.4 Å². The first kappa shape index (κ1) is 13.5. The molecule has 0 aliphatic rings. The largest absolute Gasteiger partial charge is 0.451 e. The third-order valence-electron chi connectivity index (χ3n) is 1.90. The van der Waals surface area contributed by atoms with E-state index in [1.165, 1.54) is 6.08 Å². The number of nitrogens with zero attached hydrogens (tertiary/aromatic N) is 1. The molecule has 0 amide bonds. The molecule has 0 aliphatic heterocycles. The molecule has 0 aromatic heterocycles. The first-order valence-electron chi connectivity index (χ1n) is 4.97. The molecule has 1 unspecified atom stereocenters. The molecule has 0 heterocycles. The highest BCUT2D eigenvalue weighted by molar-refractivity contribution is 6.18. The van der Waals surface area contributed by atoms with Gasteiger partial charge < -0.3 is 14.7 Å². The molecule has 0 fully saturated rings. The minimum atomic E-state index is -1.38. The van der Waals surface area contributed by atoms with Gasteiger partial charge in [0.15, 0.2) is 5.78 Å². The molecule has 1 rings (SSSR count). The maximum atomic E-state index is 11.7. The lowest BCUT2D eigenvalue weighted by atomic mass is 10.1. The van der Waals surface area contributed by atoms with Crippen molar-refractivity contribution in [2.24, 2.45) is 0 Å². The lowest BCUT2D eigenvalue weighted by Gasteiger charge is -2.07. The first-order chi connectivity index (χ1) is 7.99. The Morgan fingerprint density at radius 1 is 1.41 bits per heavy atom. The number of ether oxygens (including phenoxy) is 1. The van der Waals surface area contributed by atoms with E-state index in [1.807, 2.05) is 14.1 Å². The van der Waals surface area contributed by atoms with Crippen LogP contribution in [0.25, 0.3) is 0 Å². The second-order valence-electron chi connectivity index (χ2n) is 3.58. The summed E-state index contributed by atoms with van der Waals surface area (Å²) in [4.78, 5) is 13.4. The van der Waals surface area contributed by atoms with Gasteiger partial charge in [0.2, 0.25) is 0 Å². The Labute approximate surface area is 105 Å². The summed E-state index contributed by atoms with van der Waals surface area (Å²) in [5.74, 6) is -1.08. The smallest absolute Gasteiger partial charge is 0.277 e. The van der Waals surface area contributed by atoms with Crippen LogP contribution in [0.2, 0.25) is 0 Å². The van der Waals surface area contributed by atoms with Crippen molar-refractivity contribution in [3.63, 3.8) is 0 Å². The summed E-state index contributed by atoms with van der Waals surface area (Å²) < 4.78 is 4.83. The second kappa shape index (κ2) is 6.27. The van der Waals surface area contributed by atoms with Gasteiger partial charge in [0, 0.05) is 31.9 Å². The molecular weight excluding hydrogens is 242 g/mol. The maximum absolute atomic E-state index is 11.7. The van der Waals surface area contributed by atoms with Crippen LogP contribution < -0.4 is 4.74 Å². The van der Waals surface area contributed by atoms with Gasteiger partial charge in [0.1, 0.15) is 5.75 Å². The quantitative estimate of drug-likeness (QED) is 0.378. The maximum Gasteiger partial charge on any atom is 0.277 e. The first-order valence-corrected chi connectivity index (χ1v) is 5.40. The van der Waals surface area contributed by atoms with E-state index in [4.69, 9.17) is 21.4 Å². The molecule has 0 bridgehead atoms. The minimum Gasteiger partial charge on any atom is -0.451 e. The third-order valence-corrected chi connectivity index (χ3v) is 1.99. The van der Waals surface area contributed by atoms with E-state index in [1.54, 1.807) is 35.4 Å². The fraction of sp³-hybridized carbons (Fsp3) is 0.250. The summed E-state index contributed by atoms with van der Waals surface area (Å²) >= 11 is 5.25. The number of halogens is 1. The number of rotatable bonds is 5. The predicted octanol–water partition coefficient (Wildman–Crippen LogP) is 1.84. The van der Waals surface area contributed by atoms with Crippen molar-refractivity contribution in [1.82, 2.24) is 4.90 Å². The van der Waals surface area contributed by atoms with Crippen LogP contribution in [0.5, 0.6) is 5.75 Å². The summed E-state index contributed by atoms with van der Waals surface area (Å²) in [6.45, 7) is 0. The molecule has 1 aromatic carbocycles. The lowest BCUT2D eigenvalue weighted by molar-refractivity contribution is 0.0554. The van der Waals surface area contributed by atoms with Crippen LogP contribution in [0.15, 0.2) is 36.5 Å². The number of hydrogen-bond donors (Lipinski definition) is 1. The number of alkyl halides is 1. The Morgan fingerprint density at radius 3 is 2.47 bits per heavy atom. The molecule has 0 aliphatic carbocycles. The van der Waals surface area contributed by atoms with Crippen LogP contribution in [0, 0.1) is 0 Å². The molecule has 4 nitrogen and oxygen atoms in total. The number of allylic oxidation sites excluding steroid dienone is 1. The van der Waals surface area contributed by atoms with Crippen LogP contribution in [0.3, 0.4) is 0 Å². The molecule has 0 radical (unpaired) electrons. The van der Waals surface area contributed by atoms with Crippen LogP contribution >= 0.6 is 11.6 Å². The van der Waals surface area contributed by atoms with E-state index in [0.29, 0.717) is 11.3 Å². The van der Waals surface area contributed by atoms with Gasteiger partial charge in [-0.1, -0.05) is 0 Å². The van der Waals surface area contributed by atoms with Gasteiger partial charge >= 0.3 is 0 Å². The Hall–Kier alpha value is -1.52. The van der Waals surface area contributed by atoms with Crippen molar-refractivity contribution in [2.45, 2.75) is 5.75 Å². The summed E-state index contributed by atoms with van der Waals surface area (Å²) in [6.07, 6.45) is 3.15. The zero-order chi connectivity index (χ0) is 12.8. The zero-order valence-corrected chi connectivity index (χ0v) is 10.4. The second-order valence-corrected chi connectivity index (χ2v) is 3.95. The standard InChI is InChI=1S/C12H14ClNO3/c1-14(2)8-7-11(15)9-3-5-10(6-4-9)17-12(13)16/h3-8,12,16H,1-2H3/b8-7+. The molecule has 92 valence electrons. The molecule has 1 aromatic rings. The fourth-order valence-corrected chi connectivity index (χ4v) is 1.23. The highest BCUT2D eigenvalue weighted by Crippen LogP contribution is 2.14. The van der Waals surface area contributed by atoms with Gasteiger partial charge in [-0.25, -0.2) is 0 Å². The van der Waals surface area contributed by atoms with E-state index in [0.717, 1.165) is 0 Å². The van der Waals surface area contributed by atoms with Gasteiger partial charge in [-0.15, -0.1) is 0 Å². The lowest BCUT2D eigenvalue weighted by Crippen LogP contribution is -2.06. The van der Waals surface area contributed by atoms with Crippen molar-refractivity contribution in [2.75, 3.05) is 14.1 Å². The van der Waals surface area contributed by atoms with Gasteiger partial charge in [0.25, 0.3) is 5.75 Å².